The molecule has 0 aliphatic carbocycles. The van der Waals surface area contributed by atoms with Crippen LogP contribution in [-0.4, -0.2) is 48.0 Å². The number of esters is 1. The molecule has 1 aliphatic rings. The molecule has 1 aliphatic heterocycles. The number of hydrogen-bond acceptors (Lipinski definition) is 4. The van der Waals surface area contributed by atoms with Gasteiger partial charge in [0.15, 0.2) is 0 Å². The number of nitrogens with two attached hydrogens (primary N) is 1. The summed E-state index contributed by atoms with van der Waals surface area (Å²) in [5.41, 5.74) is 5.42. The number of ether oxygens (including phenoxy) is 1. The van der Waals surface area contributed by atoms with Crippen LogP contribution in [0.2, 0.25) is 0 Å². The Morgan fingerprint density at radius 1 is 1.41 bits per heavy atom. The summed E-state index contributed by atoms with van der Waals surface area (Å²) in [6.07, 6.45) is 0.748. The molecule has 5 heteroatoms. The van der Waals surface area contributed by atoms with Gasteiger partial charge in [0.1, 0.15) is 28.9 Å². The molecular formula is C12H25N2O2S+. The molecule has 1 unspecified atom stereocenters. The summed E-state index contributed by atoms with van der Waals surface area (Å²) in [5, 5.41) is 3.34. The molecule has 17 heavy (non-hydrogen) atoms. The van der Waals surface area contributed by atoms with E-state index in [1.54, 1.807) is 0 Å². The Morgan fingerprint density at radius 2 is 2.00 bits per heavy atom. The molecular weight excluding hydrogens is 236 g/mol. The van der Waals surface area contributed by atoms with Gasteiger partial charge in [-0.25, -0.2) is 0 Å². The zero-order valence-electron chi connectivity index (χ0n) is 11.1. The van der Waals surface area contributed by atoms with Crippen LogP contribution in [0.1, 0.15) is 27.2 Å². The third kappa shape index (κ3) is 6.29. The maximum atomic E-state index is 11.7. The van der Waals surface area contributed by atoms with E-state index >= 15 is 0 Å². The van der Waals surface area contributed by atoms with Gasteiger partial charge in [-0.2, -0.15) is 0 Å². The van der Waals surface area contributed by atoms with E-state index in [0.717, 1.165) is 25.3 Å². The van der Waals surface area contributed by atoms with Crippen molar-refractivity contribution in [2.75, 3.05) is 30.3 Å². The summed E-state index contributed by atoms with van der Waals surface area (Å²) in [5.74, 6) is 3.24. The SMILES string of the molecule is CC(C)(C)OC(=O)C(N)CC[S+]1CCNCC1. The standard InChI is InChI=1S/C12H25N2O2S/c1-12(2,3)16-11(15)10(13)4-7-17-8-5-14-6-9-17/h10,14H,4-9,13H2,1-3H3/q+1. The van der Waals surface area contributed by atoms with Crippen molar-refractivity contribution in [3.05, 3.63) is 0 Å². The molecule has 0 aromatic rings. The van der Waals surface area contributed by atoms with Crippen molar-refractivity contribution in [3.63, 3.8) is 0 Å². The topological polar surface area (TPSA) is 64.3 Å². The van der Waals surface area contributed by atoms with Gasteiger partial charge in [-0.15, -0.1) is 0 Å². The highest BCUT2D eigenvalue weighted by Crippen LogP contribution is 2.10. The van der Waals surface area contributed by atoms with Gasteiger partial charge >= 0.3 is 5.97 Å². The maximum absolute atomic E-state index is 11.7. The van der Waals surface area contributed by atoms with Crippen LogP contribution in [0, 0.1) is 0 Å². The number of nitrogens with one attached hydrogen (secondary N) is 1. The minimum atomic E-state index is -0.461. The Balaban J connectivity index is 2.23. The highest BCUT2D eigenvalue weighted by molar-refractivity contribution is 7.96. The molecule has 0 radical (unpaired) electrons. The van der Waals surface area contributed by atoms with Crippen LogP contribution in [0.4, 0.5) is 0 Å². The molecule has 4 nitrogen and oxygen atoms in total. The fourth-order valence-corrected chi connectivity index (χ4v) is 3.72. The second-order valence-corrected chi connectivity index (χ2v) is 7.85. The van der Waals surface area contributed by atoms with Crippen LogP contribution in [0.15, 0.2) is 0 Å². The van der Waals surface area contributed by atoms with Crippen molar-refractivity contribution < 1.29 is 9.53 Å². The van der Waals surface area contributed by atoms with E-state index < -0.39 is 11.6 Å². The van der Waals surface area contributed by atoms with Gasteiger partial charge in [0.05, 0.1) is 0 Å². The van der Waals surface area contributed by atoms with Crippen molar-refractivity contribution in [1.82, 2.24) is 5.32 Å². The van der Waals surface area contributed by atoms with Gasteiger partial charge in [0, 0.05) is 19.5 Å². The number of carbonyl (C=O) groups is 1. The second-order valence-electron chi connectivity index (χ2n) is 5.40. The molecule has 0 saturated carbocycles. The quantitative estimate of drug-likeness (QED) is 0.563. The summed E-state index contributed by atoms with van der Waals surface area (Å²) in [7, 11) is 0.445. The van der Waals surface area contributed by atoms with Crippen molar-refractivity contribution in [2.45, 2.75) is 38.8 Å². The third-order valence-electron chi connectivity index (χ3n) is 2.56. The largest absolute Gasteiger partial charge is 0.459 e. The molecule has 1 rings (SSSR count). The number of hydrogen-bond donors (Lipinski definition) is 2. The first-order valence-corrected chi connectivity index (χ1v) is 7.95. The number of carbonyl (C=O) groups excluding carboxylic acids is 1. The Kier molecular flexibility index (Phi) is 5.76. The monoisotopic (exact) mass is 261 g/mol. The lowest BCUT2D eigenvalue weighted by Crippen LogP contribution is -2.41. The van der Waals surface area contributed by atoms with Gasteiger partial charge in [0.2, 0.25) is 0 Å². The predicted octanol–water partition coefficient (Wildman–Crippen LogP) is 0.267. The molecule has 0 aromatic carbocycles. The van der Waals surface area contributed by atoms with Gasteiger partial charge in [0.25, 0.3) is 0 Å². The van der Waals surface area contributed by atoms with Crippen LogP contribution in [-0.2, 0) is 20.4 Å². The summed E-state index contributed by atoms with van der Waals surface area (Å²) < 4.78 is 5.27. The Bertz CT molecular complexity index is 247. The molecule has 3 N–H and O–H groups in total. The minimum Gasteiger partial charge on any atom is -0.459 e. The normalized spacial score (nSPS) is 20.0. The Hall–Kier alpha value is -0.260. The Labute approximate surface area is 107 Å². The van der Waals surface area contributed by atoms with E-state index in [1.165, 1.54) is 11.5 Å². The molecule has 1 heterocycles. The lowest BCUT2D eigenvalue weighted by molar-refractivity contribution is -0.156. The van der Waals surface area contributed by atoms with Crippen molar-refractivity contribution in [3.8, 4) is 0 Å². The van der Waals surface area contributed by atoms with Crippen LogP contribution < -0.4 is 11.1 Å². The smallest absolute Gasteiger partial charge is 0.323 e. The zero-order chi connectivity index (χ0) is 12.9. The van der Waals surface area contributed by atoms with Crippen LogP contribution in [0.25, 0.3) is 0 Å². The van der Waals surface area contributed by atoms with Gasteiger partial charge in [-0.3, -0.25) is 4.79 Å². The van der Waals surface area contributed by atoms with Crippen LogP contribution in [0.5, 0.6) is 0 Å². The molecule has 0 aromatic heterocycles. The fraction of sp³-hybridized carbons (Fsp3) is 0.917. The highest BCUT2D eigenvalue weighted by atomic mass is 32.2. The second kappa shape index (κ2) is 6.61. The predicted molar refractivity (Wildman–Crippen MR) is 73.3 cm³/mol. The van der Waals surface area contributed by atoms with E-state index in [9.17, 15) is 4.79 Å². The van der Waals surface area contributed by atoms with E-state index in [4.69, 9.17) is 10.5 Å². The average molecular weight is 261 g/mol. The van der Waals surface area contributed by atoms with Gasteiger partial charge < -0.3 is 15.8 Å². The fourth-order valence-electron chi connectivity index (χ4n) is 1.65. The summed E-state index contributed by atoms with van der Waals surface area (Å²) in [6.45, 7) is 7.81. The summed E-state index contributed by atoms with van der Waals surface area (Å²) in [6, 6.07) is -0.461. The summed E-state index contributed by atoms with van der Waals surface area (Å²) >= 11 is 0. The molecule has 1 fully saturated rings. The molecule has 0 amide bonds. The van der Waals surface area contributed by atoms with Gasteiger partial charge in [-0.05, 0) is 31.7 Å². The molecule has 0 spiro atoms. The number of rotatable bonds is 4. The molecule has 100 valence electrons. The lowest BCUT2D eigenvalue weighted by Gasteiger charge is -2.22. The first-order valence-electron chi connectivity index (χ1n) is 6.22. The zero-order valence-corrected chi connectivity index (χ0v) is 11.9. The van der Waals surface area contributed by atoms with Crippen molar-refractivity contribution in [2.24, 2.45) is 5.73 Å². The van der Waals surface area contributed by atoms with Crippen molar-refractivity contribution in [1.29, 1.82) is 0 Å². The van der Waals surface area contributed by atoms with Crippen molar-refractivity contribution >= 4 is 16.9 Å². The first kappa shape index (κ1) is 14.8. The summed E-state index contributed by atoms with van der Waals surface area (Å²) in [4.78, 5) is 11.7. The Morgan fingerprint density at radius 3 is 2.53 bits per heavy atom. The van der Waals surface area contributed by atoms with Crippen LogP contribution in [0.3, 0.4) is 0 Å². The molecule has 1 saturated heterocycles. The third-order valence-corrected chi connectivity index (χ3v) is 4.94. The molecule has 0 bridgehead atoms. The first-order chi connectivity index (χ1) is 7.88. The van der Waals surface area contributed by atoms with E-state index in [1.807, 2.05) is 20.8 Å². The molecule has 1 atom stereocenters. The van der Waals surface area contributed by atoms with Crippen LogP contribution >= 0.6 is 0 Å². The average Bonchev–Trinajstić information content (AvgIpc) is 2.25. The van der Waals surface area contributed by atoms with E-state index in [0.29, 0.717) is 10.9 Å². The van der Waals surface area contributed by atoms with E-state index in [2.05, 4.69) is 5.32 Å². The minimum absolute atomic E-state index is 0.267. The highest BCUT2D eigenvalue weighted by Gasteiger charge is 2.26. The maximum Gasteiger partial charge on any atom is 0.323 e. The lowest BCUT2D eigenvalue weighted by atomic mass is 10.2. The van der Waals surface area contributed by atoms with Gasteiger partial charge in [-0.1, -0.05) is 0 Å². The van der Waals surface area contributed by atoms with E-state index in [-0.39, 0.29) is 5.97 Å².